The van der Waals surface area contributed by atoms with Crippen molar-refractivity contribution in [2.24, 2.45) is 5.92 Å². The molecule has 3 rings (SSSR count). The van der Waals surface area contributed by atoms with Gasteiger partial charge >= 0.3 is 0 Å². The zero-order valence-corrected chi connectivity index (χ0v) is 13.8. The fraction of sp³-hybridized carbons (Fsp3) is 0.312. The second-order valence-corrected chi connectivity index (χ2v) is 8.47. The minimum Gasteiger partial charge on any atom is -0.294 e. The molecule has 1 aromatic heterocycles. The van der Waals surface area contributed by atoms with Crippen LogP contribution in [0.4, 0.5) is 5.69 Å². The maximum atomic E-state index is 12.3. The highest BCUT2D eigenvalue weighted by molar-refractivity contribution is 7.94. The van der Waals surface area contributed by atoms with Crippen LogP contribution < -0.4 is 4.72 Å². The fourth-order valence-corrected chi connectivity index (χ4v) is 4.54. The molecule has 22 heavy (non-hydrogen) atoms. The Balaban J connectivity index is 1.75. The average molecular weight is 335 g/mol. The number of carbonyl (C=O) groups excluding carboxylic acids is 1. The van der Waals surface area contributed by atoms with Gasteiger partial charge in [0.15, 0.2) is 5.78 Å². The van der Waals surface area contributed by atoms with Gasteiger partial charge in [-0.25, -0.2) is 8.42 Å². The minimum atomic E-state index is -3.56. The Bertz CT molecular complexity index is 787. The maximum Gasteiger partial charge on any atom is 0.271 e. The van der Waals surface area contributed by atoms with E-state index in [-0.39, 0.29) is 11.7 Å². The minimum absolute atomic E-state index is 0.153. The van der Waals surface area contributed by atoms with Crippen molar-refractivity contribution in [2.45, 2.75) is 30.4 Å². The molecule has 1 aromatic carbocycles. The average Bonchev–Trinajstić information content (AvgIpc) is 3.23. The molecule has 0 bridgehead atoms. The number of thiophene rings is 1. The van der Waals surface area contributed by atoms with Crippen molar-refractivity contribution >= 4 is 32.8 Å². The predicted molar refractivity (Wildman–Crippen MR) is 88.0 cm³/mol. The SMILES string of the molecule is CCc1ccc(S(=O)(=O)Nc2ccc(C(=O)C3CC3)cc2)s1. The molecule has 1 fully saturated rings. The molecule has 0 spiro atoms. The van der Waals surface area contributed by atoms with Crippen molar-refractivity contribution in [2.75, 3.05) is 4.72 Å². The topological polar surface area (TPSA) is 63.2 Å². The molecule has 1 saturated carbocycles. The van der Waals surface area contributed by atoms with Crippen LogP contribution in [0.3, 0.4) is 0 Å². The number of nitrogens with one attached hydrogen (secondary N) is 1. The molecule has 0 atom stereocenters. The van der Waals surface area contributed by atoms with Gasteiger partial charge in [-0.05, 0) is 55.7 Å². The normalized spacial score (nSPS) is 14.8. The number of anilines is 1. The van der Waals surface area contributed by atoms with Gasteiger partial charge in [-0.15, -0.1) is 11.3 Å². The number of aryl methyl sites for hydroxylation is 1. The van der Waals surface area contributed by atoms with Crippen LogP contribution in [-0.2, 0) is 16.4 Å². The van der Waals surface area contributed by atoms with Crippen LogP contribution in [-0.4, -0.2) is 14.2 Å². The summed E-state index contributed by atoms with van der Waals surface area (Å²) in [5, 5.41) is 0. The number of carbonyl (C=O) groups is 1. The first-order chi connectivity index (χ1) is 10.5. The Morgan fingerprint density at radius 1 is 1.18 bits per heavy atom. The van der Waals surface area contributed by atoms with Crippen LogP contribution >= 0.6 is 11.3 Å². The molecule has 0 saturated heterocycles. The zero-order valence-electron chi connectivity index (χ0n) is 12.2. The van der Waals surface area contributed by atoms with Gasteiger partial charge in [0.05, 0.1) is 0 Å². The van der Waals surface area contributed by atoms with E-state index in [1.54, 1.807) is 30.3 Å². The van der Waals surface area contributed by atoms with Crippen LogP contribution in [0.2, 0.25) is 0 Å². The molecule has 0 aliphatic heterocycles. The summed E-state index contributed by atoms with van der Waals surface area (Å²) in [7, 11) is -3.56. The fourth-order valence-electron chi connectivity index (χ4n) is 2.18. The van der Waals surface area contributed by atoms with E-state index in [0.29, 0.717) is 15.5 Å². The number of hydrogen-bond acceptors (Lipinski definition) is 4. The first-order valence-electron chi connectivity index (χ1n) is 7.25. The Kier molecular flexibility index (Phi) is 4.06. The van der Waals surface area contributed by atoms with Gasteiger partial charge in [0, 0.05) is 22.0 Å². The first-order valence-corrected chi connectivity index (χ1v) is 9.55. The third kappa shape index (κ3) is 3.23. The summed E-state index contributed by atoms with van der Waals surface area (Å²) in [4.78, 5) is 13.0. The van der Waals surface area contributed by atoms with Gasteiger partial charge in [-0.1, -0.05) is 6.92 Å². The largest absolute Gasteiger partial charge is 0.294 e. The van der Waals surface area contributed by atoms with E-state index in [2.05, 4.69) is 4.72 Å². The van der Waals surface area contributed by atoms with E-state index in [1.165, 1.54) is 11.3 Å². The molecular formula is C16H17NO3S2. The van der Waals surface area contributed by atoms with E-state index < -0.39 is 10.0 Å². The first kappa shape index (κ1) is 15.2. The molecule has 1 aliphatic carbocycles. The Labute approximate surface area is 134 Å². The van der Waals surface area contributed by atoms with Crippen molar-refractivity contribution in [3.8, 4) is 0 Å². The lowest BCUT2D eigenvalue weighted by atomic mass is 10.1. The Morgan fingerprint density at radius 2 is 1.86 bits per heavy atom. The number of benzene rings is 1. The number of sulfonamides is 1. The van der Waals surface area contributed by atoms with Crippen molar-refractivity contribution in [3.63, 3.8) is 0 Å². The van der Waals surface area contributed by atoms with E-state index in [0.717, 1.165) is 24.1 Å². The van der Waals surface area contributed by atoms with Gasteiger partial charge < -0.3 is 0 Å². The lowest BCUT2D eigenvalue weighted by Gasteiger charge is -2.07. The smallest absolute Gasteiger partial charge is 0.271 e. The highest BCUT2D eigenvalue weighted by atomic mass is 32.2. The highest BCUT2D eigenvalue weighted by Crippen LogP contribution is 2.33. The number of rotatable bonds is 6. The van der Waals surface area contributed by atoms with E-state index in [9.17, 15) is 13.2 Å². The van der Waals surface area contributed by atoms with Crippen molar-refractivity contribution in [1.82, 2.24) is 0 Å². The number of ketones is 1. The highest BCUT2D eigenvalue weighted by Gasteiger charge is 2.30. The number of hydrogen-bond donors (Lipinski definition) is 1. The maximum absolute atomic E-state index is 12.3. The van der Waals surface area contributed by atoms with Gasteiger partial charge in [0.25, 0.3) is 10.0 Å². The zero-order chi connectivity index (χ0) is 15.7. The van der Waals surface area contributed by atoms with Crippen molar-refractivity contribution in [1.29, 1.82) is 0 Å². The van der Waals surface area contributed by atoms with Crippen molar-refractivity contribution in [3.05, 3.63) is 46.8 Å². The summed E-state index contributed by atoms with van der Waals surface area (Å²) in [6.45, 7) is 1.99. The summed E-state index contributed by atoms with van der Waals surface area (Å²) < 4.78 is 27.5. The molecule has 0 radical (unpaired) electrons. The molecule has 116 valence electrons. The summed E-state index contributed by atoms with van der Waals surface area (Å²) in [5.74, 6) is 0.321. The summed E-state index contributed by atoms with van der Waals surface area (Å²) in [6.07, 6.45) is 2.74. The lowest BCUT2D eigenvalue weighted by Crippen LogP contribution is -2.11. The van der Waals surface area contributed by atoms with Crippen molar-refractivity contribution < 1.29 is 13.2 Å². The summed E-state index contributed by atoms with van der Waals surface area (Å²) in [5.41, 5.74) is 1.12. The van der Waals surface area contributed by atoms with Gasteiger partial charge in [-0.2, -0.15) is 0 Å². The van der Waals surface area contributed by atoms with E-state index in [4.69, 9.17) is 0 Å². The Morgan fingerprint density at radius 3 is 2.41 bits per heavy atom. The lowest BCUT2D eigenvalue weighted by molar-refractivity contribution is 0.0967. The standard InChI is InChI=1S/C16H17NO3S2/c1-2-14-9-10-15(21-14)22(19,20)17-13-7-5-12(6-8-13)16(18)11-3-4-11/h5-11,17H,2-4H2,1H3. The molecule has 0 amide bonds. The Hall–Kier alpha value is -1.66. The summed E-state index contributed by atoms with van der Waals surface area (Å²) in [6, 6.07) is 10.1. The second-order valence-electron chi connectivity index (χ2n) is 5.40. The van der Waals surface area contributed by atoms with Crippen LogP contribution in [0.25, 0.3) is 0 Å². The third-order valence-electron chi connectivity index (χ3n) is 3.62. The van der Waals surface area contributed by atoms with Crippen LogP contribution in [0.1, 0.15) is 35.0 Å². The molecule has 4 nitrogen and oxygen atoms in total. The second kappa shape index (κ2) is 5.85. The van der Waals surface area contributed by atoms with E-state index >= 15 is 0 Å². The molecule has 1 aliphatic rings. The summed E-state index contributed by atoms with van der Waals surface area (Å²) >= 11 is 1.27. The molecule has 0 unspecified atom stereocenters. The molecule has 6 heteroatoms. The van der Waals surface area contributed by atoms with Crippen LogP contribution in [0, 0.1) is 5.92 Å². The number of Topliss-reactive ketones (excluding diaryl/α,β-unsaturated/α-hetero) is 1. The van der Waals surface area contributed by atoms with Crippen LogP contribution in [0.15, 0.2) is 40.6 Å². The van der Waals surface area contributed by atoms with Crippen LogP contribution in [0.5, 0.6) is 0 Å². The molecule has 1 heterocycles. The third-order valence-corrected chi connectivity index (χ3v) is 6.72. The monoisotopic (exact) mass is 335 g/mol. The van der Waals surface area contributed by atoms with Gasteiger partial charge in [0.1, 0.15) is 4.21 Å². The molecular weight excluding hydrogens is 318 g/mol. The predicted octanol–water partition coefficient (Wildman–Crippen LogP) is 3.70. The van der Waals surface area contributed by atoms with Gasteiger partial charge in [0.2, 0.25) is 0 Å². The molecule has 2 aromatic rings. The molecule has 1 N–H and O–H groups in total. The van der Waals surface area contributed by atoms with Gasteiger partial charge in [-0.3, -0.25) is 9.52 Å². The van der Waals surface area contributed by atoms with E-state index in [1.807, 2.05) is 13.0 Å². The quantitative estimate of drug-likeness (QED) is 0.819.